The number of nitrogens with two attached hydrogens (primary N) is 1. The maximum atomic E-state index is 6.02. The van der Waals surface area contributed by atoms with Crippen molar-refractivity contribution in [3.05, 3.63) is 16.4 Å². The van der Waals surface area contributed by atoms with Crippen molar-refractivity contribution in [3.63, 3.8) is 0 Å². The molecule has 1 aliphatic carbocycles. The summed E-state index contributed by atoms with van der Waals surface area (Å²) in [6, 6.07) is 0.263. The van der Waals surface area contributed by atoms with E-state index >= 15 is 0 Å². The maximum absolute atomic E-state index is 6.02. The van der Waals surface area contributed by atoms with E-state index in [0.29, 0.717) is 5.15 Å². The number of rotatable bonds is 1. The number of hydrogen-bond donors (Lipinski definition) is 1. The van der Waals surface area contributed by atoms with Crippen molar-refractivity contribution in [2.45, 2.75) is 38.8 Å². The molecular weight excluding hydrogens is 186 g/mol. The summed E-state index contributed by atoms with van der Waals surface area (Å²) in [5, 5.41) is 4.92. The molecule has 0 saturated carbocycles. The van der Waals surface area contributed by atoms with Crippen molar-refractivity contribution in [3.8, 4) is 0 Å². The summed E-state index contributed by atoms with van der Waals surface area (Å²) in [4.78, 5) is 0. The van der Waals surface area contributed by atoms with Crippen molar-refractivity contribution in [2.75, 3.05) is 0 Å². The molecule has 0 amide bonds. The predicted molar refractivity (Wildman–Crippen MR) is 52.9 cm³/mol. The average molecular weight is 200 g/mol. The Morgan fingerprint density at radius 2 is 2.46 bits per heavy atom. The van der Waals surface area contributed by atoms with Crippen LogP contribution in [0.2, 0.25) is 5.15 Å². The highest BCUT2D eigenvalue weighted by atomic mass is 35.5. The molecule has 0 radical (unpaired) electrons. The minimum Gasteiger partial charge on any atom is -0.327 e. The molecule has 72 valence electrons. The minimum atomic E-state index is 0.263. The summed E-state index contributed by atoms with van der Waals surface area (Å²) < 4.78 is 1.99. The number of nitrogens with zero attached hydrogens (tertiary/aromatic N) is 2. The van der Waals surface area contributed by atoms with Gasteiger partial charge in [-0.25, -0.2) is 0 Å². The lowest BCUT2D eigenvalue weighted by Gasteiger charge is -2.18. The molecule has 0 spiro atoms. The van der Waals surface area contributed by atoms with Crippen molar-refractivity contribution in [1.82, 2.24) is 9.78 Å². The Bertz CT molecular complexity index is 319. The van der Waals surface area contributed by atoms with E-state index < -0.39 is 0 Å². The summed E-state index contributed by atoms with van der Waals surface area (Å²) >= 11 is 6.02. The second-order valence-electron chi connectivity index (χ2n) is 3.53. The van der Waals surface area contributed by atoms with E-state index in [4.69, 9.17) is 17.3 Å². The van der Waals surface area contributed by atoms with E-state index in [0.717, 1.165) is 25.8 Å². The zero-order chi connectivity index (χ0) is 9.42. The van der Waals surface area contributed by atoms with E-state index in [1.807, 2.05) is 4.68 Å². The molecule has 1 aliphatic rings. The molecule has 2 N–H and O–H groups in total. The lowest BCUT2D eigenvalue weighted by Crippen LogP contribution is -2.28. The molecule has 4 heteroatoms. The van der Waals surface area contributed by atoms with Crippen LogP contribution in [0, 0.1) is 0 Å². The summed E-state index contributed by atoms with van der Waals surface area (Å²) in [5.41, 5.74) is 8.33. The fourth-order valence-electron chi connectivity index (χ4n) is 1.93. The van der Waals surface area contributed by atoms with Crippen molar-refractivity contribution in [2.24, 2.45) is 5.73 Å². The molecule has 13 heavy (non-hydrogen) atoms. The van der Waals surface area contributed by atoms with Gasteiger partial charge in [-0.2, -0.15) is 5.10 Å². The van der Waals surface area contributed by atoms with Crippen molar-refractivity contribution < 1.29 is 0 Å². The third kappa shape index (κ3) is 1.46. The standard InChI is InChI=1S/C9H14ClN3/c1-2-13-8-4-3-6(11)5-7(8)9(10)12-13/h6H,2-5,11H2,1H3. The number of hydrogen-bond acceptors (Lipinski definition) is 2. The molecule has 1 atom stereocenters. The van der Waals surface area contributed by atoms with Crippen LogP contribution in [-0.4, -0.2) is 15.8 Å². The van der Waals surface area contributed by atoms with Gasteiger partial charge in [-0.05, 0) is 26.2 Å². The minimum absolute atomic E-state index is 0.263. The van der Waals surface area contributed by atoms with Crippen LogP contribution in [0.3, 0.4) is 0 Å². The molecule has 0 fully saturated rings. The predicted octanol–water partition coefficient (Wildman–Crippen LogP) is 1.37. The Kier molecular flexibility index (Phi) is 2.30. The number of halogens is 1. The second-order valence-corrected chi connectivity index (χ2v) is 3.89. The number of aromatic nitrogens is 2. The fourth-order valence-corrected chi connectivity index (χ4v) is 2.21. The first-order valence-electron chi connectivity index (χ1n) is 4.72. The highest BCUT2D eigenvalue weighted by molar-refractivity contribution is 6.30. The van der Waals surface area contributed by atoms with Crippen LogP contribution < -0.4 is 5.73 Å². The lowest BCUT2D eigenvalue weighted by molar-refractivity contribution is 0.535. The summed E-state index contributed by atoms with van der Waals surface area (Å²) in [7, 11) is 0. The van der Waals surface area contributed by atoms with Gasteiger partial charge in [0.05, 0.1) is 0 Å². The van der Waals surface area contributed by atoms with Crippen LogP contribution in [0.1, 0.15) is 24.6 Å². The van der Waals surface area contributed by atoms with E-state index in [1.165, 1.54) is 11.3 Å². The van der Waals surface area contributed by atoms with Crippen molar-refractivity contribution in [1.29, 1.82) is 0 Å². The van der Waals surface area contributed by atoms with Gasteiger partial charge in [0.15, 0.2) is 5.15 Å². The molecule has 1 unspecified atom stereocenters. The van der Waals surface area contributed by atoms with Crippen LogP contribution in [0.4, 0.5) is 0 Å². The topological polar surface area (TPSA) is 43.8 Å². The fraction of sp³-hybridized carbons (Fsp3) is 0.667. The van der Waals surface area contributed by atoms with Gasteiger partial charge in [-0.15, -0.1) is 0 Å². The van der Waals surface area contributed by atoms with Gasteiger partial charge in [-0.1, -0.05) is 11.6 Å². The first kappa shape index (κ1) is 9.03. The average Bonchev–Trinajstić information content (AvgIpc) is 2.43. The third-order valence-corrected chi connectivity index (χ3v) is 2.94. The molecule has 3 nitrogen and oxygen atoms in total. The van der Waals surface area contributed by atoms with Crippen molar-refractivity contribution >= 4 is 11.6 Å². The Morgan fingerprint density at radius 3 is 3.15 bits per heavy atom. The molecule has 1 heterocycles. The van der Waals surface area contributed by atoms with Crippen LogP contribution in [-0.2, 0) is 19.4 Å². The summed E-state index contributed by atoms with van der Waals surface area (Å²) in [5.74, 6) is 0. The molecule has 0 aliphatic heterocycles. The monoisotopic (exact) mass is 199 g/mol. The maximum Gasteiger partial charge on any atom is 0.154 e. The van der Waals surface area contributed by atoms with E-state index in [1.54, 1.807) is 0 Å². The first-order chi connectivity index (χ1) is 6.22. The highest BCUT2D eigenvalue weighted by Crippen LogP contribution is 2.26. The largest absolute Gasteiger partial charge is 0.327 e. The Hall–Kier alpha value is -0.540. The van der Waals surface area contributed by atoms with E-state index in [2.05, 4.69) is 12.0 Å². The molecule has 0 aromatic carbocycles. The number of fused-ring (bicyclic) bond motifs is 1. The lowest BCUT2D eigenvalue weighted by atomic mass is 9.94. The van der Waals surface area contributed by atoms with E-state index in [9.17, 15) is 0 Å². The Balaban J connectivity index is 2.42. The molecule has 2 rings (SSSR count). The van der Waals surface area contributed by atoms with E-state index in [-0.39, 0.29) is 6.04 Å². The van der Waals surface area contributed by atoms with Gasteiger partial charge in [0, 0.05) is 23.8 Å². The van der Waals surface area contributed by atoms with Gasteiger partial charge in [0.25, 0.3) is 0 Å². The van der Waals surface area contributed by atoms with Gasteiger partial charge in [-0.3, -0.25) is 4.68 Å². The van der Waals surface area contributed by atoms with Gasteiger partial charge < -0.3 is 5.73 Å². The Labute approximate surface area is 82.9 Å². The summed E-state index contributed by atoms with van der Waals surface area (Å²) in [6.45, 7) is 2.97. The molecule has 0 saturated heterocycles. The van der Waals surface area contributed by atoms with Gasteiger partial charge >= 0.3 is 0 Å². The zero-order valence-corrected chi connectivity index (χ0v) is 8.51. The smallest absolute Gasteiger partial charge is 0.154 e. The molecular formula is C9H14ClN3. The zero-order valence-electron chi connectivity index (χ0n) is 7.76. The SMILES string of the molecule is CCn1nc(Cl)c2c1CCC(N)C2. The normalized spacial score (nSPS) is 21.6. The Morgan fingerprint density at radius 1 is 1.69 bits per heavy atom. The van der Waals surface area contributed by atoms with Crippen LogP contribution in [0.5, 0.6) is 0 Å². The van der Waals surface area contributed by atoms with Crippen LogP contribution in [0.25, 0.3) is 0 Å². The van der Waals surface area contributed by atoms with Crippen LogP contribution >= 0.6 is 11.6 Å². The van der Waals surface area contributed by atoms with Crippen LogP contribution in [0.15, 0.2) is 0 Å². The first-order valence-corrected chi connectivity index (χ1v) is 5.09. The number of aryl methyl sites for hydroxylation is 1. The third-order valence-electron chi connectivity index (χ3n) is 2.64. The second kappa shape index (κ2) is 3.31. The van der Waals surface area contributed by atoms with Gasteiger partial charge in [0.1, 0.15) is 0 Å². The summed E-state index contributed by atoms with van der Waals surface area (Å²) in [6.07, 6.45) is 2.95. The molecule has 1 aromatic rings. The molecule has 1 aromatic heterocycles. The van der Waals surface area contributed by atoms with Gasteiger partial charge in [0.2, 0.25) is 0 Å². The molecule has 0 bridgehead atoms. The highest BCUT2D eigenvalue weighted by Gasteiger charge is 2.22. The quantitative estimate of drug-likeness (QED) is 0.743.